The Bertz CT molecular complexity index is 981. The van der Waals surface area contributed by atoms with Crippen molar-refractivity contribution in [2.45, 2.75) is 32.4 Å². The number of hydrogen-bond acceptors (Lipinski definition) is 2. The lowest BCUT2D eigenvalue weighted by atomic mass is 9.95. The first-order chi connectivity index (χ1) is 13.3. The monoisotopic (exact) mass is 355 g/mol. The molecule has 2 nitrogen and oxygen atoms in total. The fourth-order valence-electron chi connectivity index (χ4n) is 3.56. The van der Waals surface area contributed by atoms with E-state index in [4.69, 9.17) is 9.73 Å². The van der Waals surface area contributed by atoms with Crippen molar-refractivity contribution in [2.24, 2.45) is 4.99 Å². The second kappa shape index (κ2) is 8.32. The van der Waals surface area contributed by atoms with Gasteiger partial charge in [-0.25, -0.2) is 0 Å². The molecule has 0 fully saturated rings. The number of benzene rings is 3. The van der Waals surface area contributed by atoms with E-state index in [1.165, 1.54) is 27.5 Å². The average Bonchev–Trinajstić information content (AvgIpc) is 2.72. The molecule has 0 saturated heterocycles. The highest BCUT2D eigenvalue weighted by molar-refractivity contribution is 6.12. The van der Waals surface area contributed by atoms with Crippen LogP contribution >= 0.6 is 0 Å². The van der Waals surface area contributed by atoms with Gasteiger partial charge < -0.3 is 4.74 Å². The molecule has 3 aromatic rings. The van der Waals surface area contributed by atoms with E-state index >= 15 is 0 Å². The quantitative estimate of drug-likeness (QED) is 0.494. The van der Waals surface area contributed by atoms with Crippen LogP contribution in [0.5, 0.6) is 0 Å². The summed E-state index contributed by atoms with van der Waals surface area (Å²) < 4.78 is 6.01. The molecule has 0 spiro atoms. The minimum atomic E-state index is -0.0846. The summed E-state index contributed by atoms with van der Waals surface area (Å²) >= 11 is 0. The maximum atomic E-state index is 6.01. The standard InChI is InChI=1S/C25H25NO/c1-2-3-17-27-25-18-21-10-5-7-14-23(21)24(26-25)16-15-20-12-8-11-19-9-4-6-13-22(19)20/h4-16,25H,2-3,17-18H2,1H3/b16-15+. The fraction of sp³-hybridized carbons (Fsp3) is 0.240. The van der Waals surface area contributed by atoms with Gasteiger partial charge in [-0.3, -0.25) is 4.99 Å². The topological polar surface area (TPSA) is 21.6 Å². The first-order valence-corrected chi connectivity index (χ1v) is 9.78. The number of rotatable bonds is 6. The van der Waals surface area contributed by atoms with Crippen LogP contribution < -0.4 is 0 Å². The van der Waals surface area contributed by atoms with Crippen molar-refractivity contribution in [1.82, 2.24) is 0 Å². The normalized spacial score (nSPS) is 16.5. The van der Waals surface area contributed by atoms with Gasteiger partial charge in [-0.1, -0.05) is 86.2 Å². The molecule has 0 saturated carbocycles. The van der Waals surface area contributed by atoms with E-state index in [2.05, 4.69) is 85.8 Å². The van der Waals surface area contributed by atoms with Crippen LogP contribution in [0, 0.1) is 0 Å². The van der Waals surface area contributed by atoms with Crippen molar-refractivity contribution < 1.29 is 4.74 Å². The van der Waals surface area contributed by atoms with Gasteiger partial charge >= 0.3 is 0 Å². The Morgan fingerprint density at radius 1 is 0.963 bits per heavy atom. The Morgan fingerprint density at radius 2 is 1.78 bits per heavy atom. The van der Waals surface area contributed by atoms with Crippen molar-refractivity contribution in [1.29, 1.82) is 0 Å². The molecular formula is C25H25NO. The lowest BCUT2D eigenvalue weighted by Crippen LogP contribution is -2.23. The molecule has 0 aromatic heterocycles. The number of aliphatic imine (C=N–C) groups is 1. The van der Waals surface area contributed by atoms with Gasteiger partial charge in [0.05, 0.1) is 5.71 Å². The van der Waals surface area contributed by atoms with E-state index in [0.29, 0.717) is 0 Å². The fourth-order valence-corrected chi connectivity index (χ4v) is 3.56. The second-order valence-electron chi connectivity index (χ2n) is 6.96. The van der Waals surface area contributed by atoms with Crippen LogP contribution in [0.2, 0.25) is 0 Å². The van der Waals surface area contributed by atoms with Crippen LogP contribution in [0.3, 0.4) is 0 Å². The first kappa shape index (κ1) is 17.7. The SMILES string of the molecule is CCCCOC1Cc2ccccc2C(/C=C/c2cccc3ccccc23)=N1. The number of hydrogen-bond donors (Lipinski definition) is 0. The van der Waals surface area contributed by atoms with Gasteiger partial charge in [0.25, 0.3) is 0 Å². The maximum Gasteiger partial charge on any atom is 0.153 e. The molecule has 27 heavy (non-hydrogen) atoms. The van der Waals surface area contributed by atoms with Crippen LogP contribution in [-0.2, 0) is 11.2 Å². The Labute approximate surface area is 161 Å². The Kier molecular flexibility index (Phi) is 5.45. The smallest absolute Gasteiger partial charge is 0.153 e. The highest BCUT2D eigenvalue weighted by atomic mass is 16.5. The summed E-state index contributed by atoms with van der Waals surface area (Å²) in [6.45, 7) is 2.95. The molecule has 1 unspecified atom stereocenters. The van der Waals surface area contributed by atoms with Gasteiger partial charge in [0.2, 0.25) is 0 Å². The Balaban J connectivity index is 1.66. The third kappa shape index (κ3) is 4.01. The van der Waals surface area contributed by atoms with Crippen molar-refractivity contribution in [3.05, 3.63) is 89.5 Å². The number of ether oxygens (including phenoxy) is 1. The summed E-state index contributed by atoms with van der Waals surface area (Å²) in [6.07, 6.45) is 7.29. The van der Waals surface area contributed by atoms with E-state index in [9.17, 15) is 0 Å². The zero-order valence-corrected chi connectivity index (χ0v) is 15.8. The zero-order valence-electron chi connectivity index (χ0n) is 15.8. The van der Waals surface area contributed by atoms with Crippen molar-refractivity contribution >= 4 is 22.6 Å². The molecule has 2 heteroatoms. The van der Waals surface area contributed by atoms with Crippen molar-refractivity contribution in [3.8, 4) is 0 Å². The van der Waals surface area contributed by atoms with Crippen LogP contribution in [0.25, 0.3) is 16.8 Å². The lowest BCUT2D eigenvalue weighted by Gasteiger charge is -2.22. The highest BCUT2D eigenvalue weighted by Crippen LogP contribution is 2.24. The maximum absolute atomic E-state index is 6.01. The molecule has 1 aliphatic heterocycles. The van der Waals surface area contributed by atoms with E-state index in [1.54, 1.807) is 0 Å². The lowest BCUT2D eigenvalue weighted by molar-refractivity contribution is 0.0569. The summed E-state index contributed by atoms with van der Waals surface area (Å²) in [7, 11) is 0. The van der Waals surface area contributed by atoms with Gasteiger partial charge in [-0.2, -0.15) is 0 Å². The molecule has 0 N–H and O–H groups in total. The average molecular weight is 355 g/mol. The summed E-state index contributed by atoms with van der Waals surface area (Å²) in [6, 6.07) is 23.4. The minimum absolute atomic E-state index is 0.0846. The van der Waals surface area contributed by atoms with E-state index in [1.807, 2.05) is 0 Å². The van der Waals surface area contributed by atoms with Crippen LogP contribution in [0.1, 0.15) is 36.5 Å². The van der Waals surface area contributed by atoms with Gasteiger partial charge in [-0.15, -0.1) is 0 Å². The van der Waals surface area contributed by atoms with Gasteiger partial charge in [0.15, 0.2) is 6.23 Å². The zero-order chi connectivity index (χ0) is 18.5. The minimum Gasteiger partial charge on any atom is -0.356 e. The number of fused-ring (bicyclic) bond motifs is 2. The molecule has 136 valence electrons. The van der Waals surface area contributed by atoms with E-state index < -0.39 is 0 Å². The summed E-state index contributed by atoms with van der Waals surface area (Å²) in [5, 5.41) is 2.52. The molecule has 1 aliphatic rings. The number of unbranched alkanes of at least 4 members (excludes halogenated alkanes) is 1. The first-order valence-electron chi connectivity index (χ1n) is 9.78. The molecule has 3 aromatic carbocycles. The van der Waals surface area contributed by atoms with Crippen LogP contribution in [0.4, 0.5) is 0 Å². The predicted molar refractivity (Wildman–Crippen MR) is 114 cm³/mol. The molecule has 0 radical (unpaired) electrons. The summed E-state index contributed by atoms with van der Waals surface area (Å²) in [4.78, 5) is 4.90. The second-order valence-corrected chi connectivity index (χ2v) is 6.96. The molecule has 4 rings (SSSR count). The van der Waals surface area contributed by atoms with Crippen LogP contribution in [0.15, 0.2) is 77.8 Å². The molecule has 1 atom stereocenters. The number of nitrogens with zero attached hydrogens (tertiary/aromatic N) is 1. The Morgan fingerprint density at radius 3 is 2.70 bits per heavy atom. The van der Waals surface area contributed by atoms with Gasteiger partial charge in [0.1, 0.15) is 0 Å². The number of allylic oxidation sites excluding steroid dienone is 1. The van der Waals surface area contributed by atoms with Crippen LogP contribution in [-0.4, -0.2) is 18.5 Å². The molecule has 0 aliphatic carbocycles. The summed E-state index contributed by atoms with van der Waals surface area (Å²) in [5.41, 5.74) is 4.74. The third-order valence-electron chi connectivity index (χ3n) is 5.02. The Hall–Kier alpha value is -2.71. The highest BCUT2D eigenvalue weighted by Gasteiger charge is 2.19. The van der Waals surface area contributed by atoms with Crippen molar-refractivity contribution in [2.75, 3.05) is 6.61 Å². The molecular weight excluding hydrogens is 330 g/mol. The molecule has 0 bridgehead atoms. The van der Waals surface area contributed by atoms with E-state index in [0.717, 1.165) is 31.6 Å². The largest absolute Gasteiger partial charge is 0.356 e. The van der Waals surface area contributed by atoms with E-state index in [-0.39, 0.29) is 6.23 Å². The van der Waals surface area contributed by atoms with Gasteiger partial charge in [0, 0.05) is 18.6 Å². The molecule has 1 heterocycles. The third-order valence-corrected chi connectivity index (χ3v) is 5.02. The predicted octanol–water partition coefficient (Wildman–Crippen LogP) is 6.04. The van der Waals surface area contributed by atoms with Gasteiger partial charge in [-0.05, 0) is 34.4 Å². The summed E-state index contributed by atoms with van der Waals surface area (Å²) in [5.74, 6) is 0. The van der Waals surface area contributed by atoms with Crippen molar-refractivity contribution in [3.63, 3.8) is 0 Å². The molecule has 0 amide bonds.